The van der Waals surface area contributed by atoms with Crippen LogP contribution in [0.1, 0.15) is 65.7 Å². The molecule has 2 aliphatic carbocycles. The first-order chi connectivity index (χ1) is 15.9. The molecule has 2 amide bonds. The Labute approximate surface area is 204 Å². The summed E-state index contributed by atoms with van der Waals surface area (Å²) >= 11 is 0. The van der Waals surface area contributed by atoms with E-state index in [1.807, 2.05) is 42.3 Å². The fraction of sp³-hybridized carbons (Fsp3) is 0.519. The van der Waals surface area contributed by atoms with Gasteiger partial charge in [-0.05, 0) is 60.5 Å². The lowest BCUT2D eigenvalue weighted by atomic mass is 10.1. The summed E-state index contributed by atoms with van der Waals surface area (Å²) in [5, 5.41) is 0.195. The van der Waals surface area contributed by atoms with Gasteiger partial charge in [-0.3, -0.25) is 9.59 Å². The zero-order chi connectivity index (χ0) is 24.8. The van der Waals surface area contributed by atoms with Crippen molar-refractivity contribution >= 4 is 20.1 Å². The van der Waals surface area contributed by atoms with Gasteiger partial charge in [-0.25, -0.2) is 4.98 Å². The Balaban J connectivity index is 1.44. The molecule has 2 fully saturated rings. The lowest BCUT2D eigenvalue weighted by Crippen LogP contribution is -2.44. The van der Waals surface area contributed by atoms with Gasteiger partial charge in [0.15, 0.2) is 8.32 Å². The van der Waals surface area contributed by atoms with Crippen molar-refractivity contribution in [3.63, 3.8) is 0 Å². The first-order valence-corrected chi connectivity index (χ1v) is 15.1. The first kappa shape index (κ1) is 24.6. The van der Waals surface area contributed by atoms with Crippen molar-refractivity contribution in [2.45, 2.75) is 70.3 Å². The molecule has 182 valence electrons. The van der Waals surface area contributed by atoms with Gasteiger partial charge in [-0.15, -0.1) is 0 Å². The Kier molecular flexibility index (Phi) is 6.46. The molecule has 0 aliphatic heterocycles. The SMILES string of the molecule is CN(C(=O)c1cc(C(N)=O)cc(Cc2ccccc2)n1)[C@H]1[C@@H]2CC(O[Si](C)(C)C(C)(C)C)C[C@@H]21. The molecule has 1 unspecified atom stereocenters. The third kappa shape index (κ3) is 4.96. The van der Waals surface area contributed by atoms with Crippen LogP contribution in [-0.2, 0) is 10.8 Å². The normalized spacial score (nSPS) is 23.9. The van der Waals surface area contributed by atoms with E-state index < -0.39 is 14.2 Å². The van der Waals surface area contributed by atoms with E-state index in [0.717, 1.165) is 18.4 Å². The largest absolute Gasteiger partial charge is 0.414 e. The van der Waals surface area contributed by atoms with Gasteiger partial charge in [0.1, 0.15) is 5.69 Å². The van der Waals surface area contributed by atoms with Crippen LogP contribution in [0.2, 0.25) is 18.1 Å². The topological polar surface area (TPSA) is 85.5 Å². The number of carbonyl (C=O) groups excluding carboxylic acids is 2. The molecule has 2 N–H and O–H groups in total. The highest BCUT2D eigenvalue weighted by atomic mass is 28.4. The maximum Gasteiger partial charge on any atom is 0.272 e. The lowest BCUT2D eigenvalue weighted by molar-refractivity contribution is 0.0740. The number of rotatable bonds is 7. The average molecular weight is 480 g/mol. The van der Waals surface area contributed by atoms with Gasteiger partial charge in [0.2, 0.25) is 5.91 Å². The lowest BCUT2D eigenvalue weighted by Gasteiger charge is -2.39. The zero-order valence-corrected chi connectivity index (χ0v) is 22.2. The summed E-state index contributed by atoms with van der Waals surface area (Å²) < 4.78 is 6.62. The Morgan fingerprint density at radius 1 is 1.12 bits per heavy atom. The molecular weight excluding hydrogens is 442 g/mol. The van der Waals surface area contributed by atoms with Crippen LogP contribution < -0.4 is 5.73 Å². The second-order valence-corrected chi connectivity index (χ2v) is 16.2. The number of amides is 2. The van der Waals surface area contributed by atoms with Crippen LogP contribution in [0.25, 0.3) is 0 Å². The first-order valence-electron chi connectivity index (χ1n) is 12.2. The van der Waals surface area contributed by atoms with E-state index in [1.54, 1.807) is 6.07 Å². The second-order valence-electron chi connectivity index (χ2n) is 11.5. The second kappa shape index (κ2) is 8.93. The number of nitrogens with zero attached hydrogens (tertiary/aromatic N) is 2. The number of aromatic nitrogens is 1. The predicted octanol–water partition coefficient (Wildman–Crippen LogP) is 4.64. The molecule has 2 aliphatic rings. The van der Waals surface area contributed by atoms with E-state index in [2.05, 4.69) is 38.8 Å². The number of pyridine rings is 1. The van der Waals surface area contributed by atoms with E-state index in [-0.39, 0.29) is 22.7 Å². The molecule has 2 saturated carbocycles. The van der Waals surface area contributed by atoms with Crippen molar-refractivity contribution in [1.82, 2.24) is 9.88 Å². The average Bonchev–Trinajstić information content (AvgIpc) is 3.26. The molecule has 1 aromatic carbocycles. The Bertz CT molecular complexity index is 1070. The fourth-order valence-electron chi connectivity index (χ4n) is 5.07. The van der Waals surface area contributed by atoms with Crippen molar-refractivity contribution in [1.29, 1.82) is 0 Å². The Hall–Kier alpha value is -2.51. The van der Waals surface area contributed by atoms with Crippen molar-refractivity contribution < 1.29 is 14.0 Å². The van der Waals surface area contributed by atoms with Crippen molar-refractivity contribution in [3.8, 4) is 0 Å². The van der Waals surface area contributed by atoms with Crippen LogP contribution in [-0.4, -0.2) is 49.2 Å². The van der Waals surface area contributed by atoms with Gasteiger partial charge in [0.05, 0.1) is 0 Å². The smallest absolute Gasteiger partial charge is 0.272 e. The molecule has 1 heterocycles. The van der Waals surface area contributed by atoms with Gasteiger partial charge in [-0.1, -0.05) is 51.1 Å². The van der Waals surface area contributed by atoms with Gasteiger partial charge >= 0.3 is 0 Å². The molecule has 6 nitrogen and oxygen atoms in total. The third-order valence-electron chi connectivity index (χ3n) is 8.00. The van der Waals surface area contributed by atoms with Crippen LogP contribution in [0.5, 0.6) is 0 Å². The van der Waals surface area contributed by atoms with Crippen molar-refractivity contribution in [2.24, 2.45) is 17.6 Å². The number of benzene rings is 1. The monoisotopic (exact) mass is 479 g/mol. The summed E-state index contributed by atoms with van der Waals surface area (Å²) in [5.74, 6) is 0.250. The highest BCUT2D eigenvalue weighted by molar-refractivity contribution is 6.74. The maximum absolute atomic E-state index is 13.4. The number of primary amides is 1. The number of fused-ring (bicyclic) bond motifs is 1. The standard InChI is InChI=1S/C27H37N3O3Si/c1-27(2,3)34(5,6)33-20-15-21-22(16-20)24(21)30(4)26(32)23-14-18(25(28)31)13-19(29-23)12-17-10-8-7-9-11-17/h7-11,13-14,20-22,24H,12,15-16H2,1-6H3,(H2,28,31)/t20?,21-,22+,24+. The predicted molar refractivity (Wildman–Crippen MR) is 136 cm³/mol. The van der Waals surface area contributed by atoms with E-state index in [4.69, 9.17) is 10.2 Å². The van der Waals surface area contributed by atoms with E-state index in [0.29, 0.717) is 35.6 Å². The molecule has 0 radical (unpaired) electrons. The number of carbonyl (C=O) groups is 2. The molecule has 0 bridgehead atoms. The summed E-state index contributed by atoms with van der Waals surface area (Å²) in [4.78, 5) is 31.7. The number of hydrogen-bond acceptors (Lipinski definition) is 4. The maximum atomic E-state index is 13.4. The number of hydrogen-bond donors (Lipinski definition) is 1. The van der Waals surface area contributed by atoms with Crippen molar-refractivity contribution in [2.75, 3.05) is 7.05 Å². The van der Waals surface area contributed by atoms with Crippen LogP contribution in [0.3, 0.4) is 0 Å². The summed E-state index contributed by atoms with van der Waals surface area (Å²) in [7, 11) is 0.0590. The Morgan fingerprint density at radius 3 is 2.29 bits per heavy atom. The Morgan fingerprint density at radius 2 is 1.74 bits per heavy atom. The summed E-state index contributed by atoms with van der Waals surface area (Å²) in [6.07, 6.45) is 2.85. The van der Waals surface area contributed by atoms with Crippen LogP contribution in [0.15, 0.2) is 42.5 Å². The minimum atomic E-state index is -1.79. The van der Waals surface area contributed by atoms with Gasteiger partial charge in [0.25, 0.3) is 5.91 Å². The summed E-state index contributed by atoms with van der Waals surface area (Å²) in [5.41, 5.74) is 7.89. The number of nitrogens with two attached hydrogens (primary N) is 1. The molecular formula is C27H37N3O3Si. The van der Waals surface area contributed by atoms with Crippen LogP contribution in [0, 0.1) is 11.8 Å². The highest BCUT2D eigenvalue weighted by Crippen LogP contribution is 2.56. The molecule has 0 saturated heterocycles. The molecule has 2 aromatic rings. The molecule has 1 aromatic heterocycles. The van der Waals surface area contributed by atoms with Crippen molar-refractivity contribution in [3.05, 3.63) is 65.0 Å². The quantitative estimate of drug-likeness (QED) is 0.586. The fourth-order valence-corrected chi connectivity index (χ4v) is 6.45. The molecule has 7 heteroatoms. The molecule has 4 atom stereocenters. The minimum Gasteiger partial charge on any atom is -0.414 e. The van der Waals surface area contributed by atoms with E-state index in [1.165, 1.54) is 6.07 Å². The van der Waals surface area contributed by atoms with Gasteiger partial charge in [0, 0.05) is 36.9 Å². The van der Waals surface area contributed by atoms with Crippen LogP contribution >= 0.6 is 0 Å². The molecule has 4 rings (SSSR count). The molecule has 0 spiro atoms. The van der Waals surface area contributed by atoms with E-state index in [9.17, 15) is 9.59 Å². The third-order valence-corrected chi connectivity index (χ3v) is 12.5. The highest BCUT2D eigenvalue weighted by Gasteiger charge is 2.60. The molecule has 34 heavy (non-hydrogen) atoms. The van der Waals surface area contributed by atoms with Gasteiger partial charge < -0.3 is 15.1 Å². The van der Waals surface area contributed by atoms with E-state index >= 15 is 0 Å². The minimum absolute atomic E-state index is 0.154. The van der Waals surface area contributed by atoms with Gasteiger partial charge in [-0.2, -0.15) is 0 Å². The van der Waals surface area contributed by atoms with Crippen LogP contribution in [0.4, 0.5) is 0 Å². The summed E-state index contributed by atoms with van der Waals surface area (Å²) in [6, 6.07) is 13.3. The zero-order valence-electron chi connectivity index (χ0n) is 21.2. The summed E-state index contributed by atoms with van der Waals surface area (Å²) in [6.45, 7) is 11.4.